The standard InChI is InChI=1S/C14H26BFO3/c1-10(9-17-12(2,3)4)11(16)15-18-13(5,6)14(7,8)19-15/h9H2,1-8H3. The quantitative estimate of drug-likeness (QED) is 0.733. The van der Waals surface area contributed by atoms with Gasteiger partial charge in [0, 0.05) is 0 Å². The fourth-order valence-electron chi connectivity index (χ4n) is 1.54. The van der Waals surface area contributed by atoms with Crippen LogP contribution >= 0.6 is 0 Å². The first-order chi connectivity index (χ1) is 8.36. The topological polar surface area (TPSA) is 27.7 Å². The Morgan fingerprint density at radius 3 is 1.89 bits per heavy atom. The molecule has 19 heavy (non-hydrogen) atoms. The highest BCUT2D eigenvalue weighted by atomic mass is 19.1. The Bertz CT molecular complexity index is 353. The van der Waals surface area contributed by atoms with Gasteiger partial charge < -0.3 is 14.0 Å². The van der Waals surface area contributed by atoms with Crippen LogP contribution in [-0.4, -0.2) is 30.5 Å². The predicted molar refractivity (Wildman–Crippen MR) is 75.6 cm³/mol. The molecule has 1 fully saturated rings. The summed E-state index contributed by atoms with van der Waals surface area (Å²) < 4.78 is 31.2. The average molecular weight is 272 g/mol. The van der Waals surface area contributed by atoms with Gasteiger partial charge in [-0.2, -0.15) is 0 Å². The fraction of sp³-hybridized carbons (Fsp3) is 0.857. The Labute approximate surface area is 116 Å². The van der Waals surface area contributed by atoms with Crippen molar-refractivity contribution in [3.63, 3.8) is 0 Å². The van der Waals surface area contributed by atoms with Crippen LogP contribution in [0.3, 0.4) is 0 Å². The van der Waals surface area contributed by atoms with Gasteiger partial charge in [0.25, 0.3) is 0 Å². The van der Waals surface area contributed by atoms with E-state index in [9.17, 15) is 4.39 Å². The van der Waals surface area contributed by atoms with Gasteiger partial charge in [0.1, 0.15) is 5.73 Å². The molecule has 0 amide bonds. The molecule has 0 bridgehead atoms. The molecule has 110 valence electrons. The number of hydrogen-bond donors (Lipinski definition) is 0. The van der Waals surface area contributed by atoms with Gasteiger partial charge in [0.2, 0.25) is 0 Å². The average Bonchev–Trinajstić information content (AvgIpc) is 2.42. The molecular formula is C14H26BFO3. The molecule has 1 aliphatic rings. The van der Waals surface area contributed by atoms with Crippen molar-refractivity contribution in [2.45, 2.75) is 72.2 Å². The van der Waals surface area contributed by atoms with Gasteiger partial charge in [0.15, 0.2) is 0 Å². The SMILES string of the molecule is CC(COC(C)(C)C)=C(F)B1OC(C)(C)C(C)(C)O1. The maximum Gasteiger partial charge on any atom is 0.525 e. The van der Waals surface area contributed by atoms with Crippen molar-refractivity contribution in [3.8, 4) is 0 Å². The molecule has 1 saturated heterocycles. The van der Waals surface area contributed by atoms with E-state index in [4.69, 9.17) is 14.0 Å². The van der Waals surface area contributed by atoms with Gasteiger partial charge in [-0.15, -0.1) is 0 Å². The van der Waals surface area contributed by atoms with Crippen molar-refractivity contribution in [2.24, 2.45) is 0 Å². The number of ether oxygens (including phenoxy) is 1. The second-order valence-electron chi connectivity index (χ2n) is 7.12. The van der Waals surface area contributed by atoms with Crippen LogP contribution in [0, 0.1) is 0 Å². The van der Waals surface area contributed by atoms with E-state index in [-0.39, 0.29) is 17.9 Å². The van der Waals surface area contributed by atoms with Gasteiger partial charge >= 0.3 is 7.12 Å². The first kappa shape index (κ1) is 16.7. The molecular weight excluding hydrogens is 246 g/mol. The minimum Gasteiger partial charge on any atom is -0.398 e. The van der Waals surface area contributed by atoms with Crippen LogP contribution in [0.4, 0.5) is 4.39 Å². The summed E-state index contributed by atoms with van der Waals surface area (Å²) >= 11 is 0. The number of halogens is 1. The minimum absolute atomic E-state index is 0.236. The van der Waals surface area contributed by atoms with E-state index in [0.29, 0.717) is 5.57 Å². The second-order valence-corrected chi connectivity index (χ2v) is 7.12. The Morgan fingerprint density at radius 1 is 1.11 bits per heavy atom. The Hall–Kier alpha value is -0.385. The third-order valence-corrected chi connectivity index (χ3v) is 3.59. The first-order valence-corrected chi connectivity index (χ1v) is 6.70. The normalized spacial score (nSPS) is 23.5. The lowest BCUT2D eigenvalue weighted by molar-refractivity contribution is 0.00578. The van der Waals surface area contributed by atoms with E-state index < -0.39 is 18.3 Å². The van der Waals surface area contributed by atoms with E-state index in [1.54, 1.807) is 6.92 Å². The molecule has 0 unspecified atom stereocenters. The maximum absolute atomic E-state index is 14.3. The van der Waals surface area contributed by atoms with Gasteiger partial charge in [-0.1, -0.05) is 0 Å². The summed E-state index contributed by atoms with van der Waals surface area (Å²) in [6.07, 6.45) is 0. The number of rotatable bonds is 3. The van der Waals surface area contributed by atoms with E-state index >= 15 is 0 Å². The molecule has 0 aromatic rings. The summed E-state index contributed by atoms with van der Waals surface area (Å²) in [5, 5.41) is 0. The van der Waals surface area contributed by atoms with Crippen LogP contribution in [0.2, 0.25) is 0 Å². The second kappa shape index (κ2) is 5.19. The van der Waals surface area contributed by atoms with Crippen molar-refractivity contribution >= 4 is 7.12 Å². The van der Waals surface area contributed by atoms with Crippen molar-refractivity contribution in [2.75, 3.05) is 6.61 Å². The summed E-state index contributed by atoms with van der Waals surface area (Å²) in [5.74, 6) is 0. The highest BCUT2D eigenvalue weighted by molar-refractivity contribution is 6.53. The van der Waals surface area contributed by atoms with Gasteiger partial charge in [0.05, 0.1) is 23.4 Å². The zero-order valence-electron chi connectivity index (χ0n) is 13.4. The molecule has 0 spiro atoms. The van der Waals surface area contributed by atoms with Gasteiger partial charge in [-0.3, -0.25) is 0 Å². The Kier molecular flexibility index (Phi) is 4.55. The lowest BCUT2D eigenvalue weighted by Gasteiger charge is -2.32. The third-order valence-electron chi connectivity index (χ3n) is 3.59. The van der Waals surface area contributed by atoms with Gasteiger partial charge in [-0.05, 0) is 61.0 Å². The van der Waals surface area contributed by atoms with E-state index in [1.165, 1.54) is 0 Å². The lowest BCUT2D eigenvalue weighted by atomic mass is 9.85. The van der Waals surface area contributed by atoms with Crippen molar-refractivity contribution in [1.82, 2.24) is 0 Å². The largest absolute Gasteiger partial charge is 0.525 e. The summed E-state index contributed by atoms with van der Waals surface area (Å²) in [7, 11) is -0.937. The van der Waals surface area contributed by atoms with E-state index in [2.05, 4.69) is 0 Å². The van der Waals surface area contributed by atoms with Crippen molar-refractivity contribution < 1.29 is 18.4 Å². The van der Waals surface area contributed by atoms with Crippen molar-refractivity contribution in [3.05, 3.63) is 11.3 Å². The smallest absolute Gasteiger partial charge is 0.398 e. The predicted octanol–water partition coefficient (Wildman–Crippen LogP) is 3.68. The van der Waals surface area contributed by atoms with Crippen LogP contribution in [-0.2, 0) is 14.0 Å². The van der Waals surface area contributed by atoms with Crippen LogP contribution in [0.25, 0.3) is 0 Å². The molecule has 0 atom stereocenters. The zero-order valence-corrected chi connectivity index (χ0v) is 13.4. The Balaban J connectivity index is 2.76. The highest BCUT2D eigenvalue weighted by Gasteiger charge is 2.53. The fourth-order valence-corrected chi connectivity index (χ4v) is 1.54. The molecule has 0 aromatic heterocycles. The molecule has 1 aliphatic heterocycles. The summed E-state index contributed by atoms with van der Waals surface area (Å²) in [6.45, 7) is 15.4. The molecule has 3 nitrogen and oxygen atoms in total. The van der Waals surface area contributed by atoms with Crippen LogP contribution < -0.4 is 0 Å². The lowest BCUT2D eigenvalue weighted by Crippen LogP contribution is -2.41. The minimum atomic E-state index is -0.937. The van der Waals surface area contributed by atoms with Crippen LogP contribution in [0.15, 0.2) is 11.3 Å². The first-order valence-electron chi connectivity index (χ1n) is 6.70. The molecule has 0 N–H and O–H groups in total. The summed E-state index contributed by atoms with van der Waals surface area (Å²) in [6, 6.07) is 0. The highest BCUT2D eigenvalue weighted by Crippen LogP contribution is 2.39. The van der Waals surface area contributed by atoms with E-state index in [1.807, 2.05) is 48.5 Å². The molecule has 5 heteroatoms. The molecule has 0 aromatic carbocycles. The third kappa shape index (κ3) is 4.04. The molecule has 0 saturated carbocycles. The van der Waals surface area contributed by atoms with Gasteiger partial charge in [-0.25, -0.2) is 4.39 Å². The molecule has 1 heterocycles. The van der Waals surface area contributed by atoms with Crippen LogP contribution in [0.1, 0.15) is 55.4 Å². The number of hydrogen-bond acceptors (Lipinski definition) is 3. The maximum atomic E-state index is 14.3. The zero-order chi connectivity index (χ0) is 15.1. The van der Waals surface area contributed by atoms with E-state index in [0.717, 1.165) is 0 Å². The van der Waals surface area contributed by atoms with Crippen LogP contribution in [0.5, 0.6) is 0 Å². The molecule has 0 radical (unpaired) electrons. The Morgan fingerprint density at radius 2 is 1.53 bits per heavy atom. The molecule has 1 rings (SSSR count). The monoisotopic (exact) mass is 272 g/mol. The summed E-state index contributed by atoms with van der Waals surface area (Å²) in [5.41, 5.74) is -1.23. The molecule has 0 aliphatic carbocycles. The van der Waals surface area contributed by atoms with Crippen molar-refractivity contribution in [1.29, 1.82) is 0 Å². The summed E-state index contributed by atoms with van der Waals surface area (Å²) in [4.78, 5) is 0.